The molecule has 7 heteroatoms. The molecule has 130 valence electrons. The third kappa shape index (κ3) is 4.39. The molecule has 0 aliphatic heterocycles. The molecule has 0 bridgehead atoms. The summed E-state index contributed by atoms with van der Waals surface area (Å²) >= 11 is 9.31. The summed E-state index contributed by atoms with van der Waals surface area (Å²) in [6, 6.07) is 11.2. The Labute approximate surface area is 159 Å². The Hall–Kier alpha value is -1.89. The number of hydrogen-bond donors (Lipinski definition) is 1. The van der Waals surface area contributed by atoms with Crippen LogP contribution in [0.15, 0.2) is 41.8 Å². The van der Waals surface area contributed by atoms with Crippen molar-refractivity contribution in [2.24, 2.45) is 0 Å². The van der Waals surface area contributed by atoms with Crippen molar-refractivity contribution in [3.05, 3.63) is 57.4 Å². The van der Waals surface area contributed by atoms with Crippen molar-refractivity contribution in [1.29, 1.82) is 0 Å². The summed E-state index contributed by atoms with van der Waals surface area (Å²) in [6.45, 7) is 4.10. The number of benzene rings is 1. The van der Waals surface area contributed by atoms with Crippen LogP contribution in [0.4, 0.5) is 0 Å². The molecule has 4 nitrogen and oxygen atoms in total. The van der Waals surface area contributed by atoms with E-state index in [0.717, 1.165) is 20.5 Å². The number of halogens is 1. The van der Waals surface area contributed by atoms with Crippen LogP contribution in [-0.4, -0.2) is 17.0 Å². The fourth-order valence-corrected chi connectivity index (χ4v) is 4.17. The van der Waals surface area contributed by atoms with Crippen LogP contribution in [0.3, 0.4) is 0 Å². The van der Waals surface area contributed by atoms with Gasteiger partial charge < -0.3 is 10.1 Å². The van der Waals surface area contributed by atoms with Crippen LogP contribution in [-0.2, 0) is 11.3 Å². The largest absolute Gasteiger partial charge is 0.479 e. The minimum Gasteiger partial charge on any atom is -0.479 e. The van der Waals surface area contributed by atoms with Gasteiger partial charge in [-0.05, 0) is 37.4 Å². The van der Waals surface area contributed by atoms with E-state index in [1.54, 1.807) is 41.7 Å². The van der Waals surface area contributed by atoms with Gasteiger partial charge in [0.05, 0.1) is 22.1 Å². The maximum atomic E-state index is 12.3. The van der Waals surface area contributed by atoms with Crippen LogP contribution in [0.5, 0.6) is 5.75 Å². The van der Waals surface area contributed by atoms with Crippen molar-refractivity contribution in [3.63, 3.8) is 0 Å². The molecular weight excluding hydrogens is 376 g/mol. The maximum Gasteiger partial charge on any atom is 0.261 e. The number of thiazole rings is 1. The van der Waals surface area contributed by atoms with Gasteiger partial charge in [-0.3, -0.25) is 4.79 Å². The Kier molecular flexibility index (Phi) is 5.73. The first-order valence-electron chi connectivity index (χ1n) is 7.73. The standard InChI is InChI=1S/C18H17ClN2O2S2/c1-11-16(25-18(21-11)15-8-5-9-24-15)10-20-17(22)12(2)23-14-7-4-3-6-13(14)19/h3-9,12H,10H2,1-2H3,(H,20,22)/t12-/m0/s1. The highest BCUT2D eigenvalue weighted by Gasteiger charge is 2.17. The van der Waals surface area contributed by atoms with Crippen molar-refractivity contribution in [2.45, 2.75) is 26.5 Å². The van der Waals surface area contributed by atoms with Gasteiger partial charge in [0.2, 0.25) is 0 Å². The molecule has 2 heterocycles. The Morgan fingerprint density at radius 2 is 2.12 bits per heavy atom. The number of carbonyl (C=O) groups excluding carboxylic acids is 1. The van der Waals surface area contributed by atoms with Crippen molar-refractivity contribution in [1.82, 2.24) is 10.3 Å². The van der Waals surface area contributed by atoms with Gasteiger partial charge in [-0.15, -0.1) is 22.7 Å². The molecule has 0 aliphatic carbocycles. The van der Waals surface area contributed by atoms with E-state index >= 15 is 0 Å². The van der Waals surface area contributed by atoms with Crippen molar-refractivity contribution < 1.29 is 9.53 Å². The highest BCUT2D eigenvalue weighted by molar-refractivity contribution is 7.21. The predicted octanol–water partition coefficient (Wildman–Crippen LogP) is 4.92. The molecule has 2 aromatic heterocycles. The van der Waals surface area contributed by atoms with Gasteiger partial charge in [0.1, 0.15) is 10.8 Å². The first-order valence-corrected chi connectivity index (χ1v) is 9.81. The second-order valence-electron chi connectivity index (χ2n) is 5.41. The quantitative estimate of drug-likeness (QED) is 0.647. The first kappa shape index (κ1) is 17.9. The lowest BCUT2D eigenvalue weighted by Crippen LogP contribution is -2.35. The monoisotopic (exact) mass is 392 g/mol. The van der Waals surface area contributed by atoms with Crippen LogP contribution in [0.25, 0.3) is 9.88 Å². The zero-order chi connectivity index (χ0) is 17.8. The lowest BCUT2D eigenvalue weighted by atomic mass is 10.3. The SMILES string of the molecule is Cc1nc(-c2cccs2)sc1CNC(=O)[C@H](C)Oc1ccccc1Cl. The van der Waals surface area contributed by atoms with E-state index in [0.29, 0.717) is 17.3 Å². The van der Waals surface area contributed by atoms with Crippen molar-refractivity contribution >= 4 is 40.2 Å². The second kappa shape index (κ2) is 7.99. The third-order valence-corrected chi connectivity index (χ3v) is 6.07. The lowest BCUT2D eigenvalue weighted by molar-refractivity contribution is -0.127. The fraction of sp³-hybridized carbons (Fsp3) is 0.222. The second-order valence-corrected chi connectivity index (χ2v) is 7.85. The van der Waals surface area contributed by atoms with E-state index in [4.69, 9.17) is 16.3 Å². The van der Waals surface area contributed by atoms with E-state index in [9.17, 15) is 4.79 Å². The number of para-hydroxylation sites is 1. The topological polar surface area (TPSA) is 51.2 Å². The average Bonchev–Trinajstić information content (AvgIpc) is 3.24. The molecule has 0 saturated heterocycles. The molecule has 1 amide bonds. The third-order valence-electron chi connectivity index (χ3n) is 3.56. The number of hydrogen-bond acceptors (Lipinski definition) is 5. The summed E-state index contributed by atoms with van der Waals surface area (Å²) in [5.74, 6) is 0.311. The molecule has 0 spiro atoms. The molecule has 0 radical (unpaired) electrons. The Bertz CT molecular complexity index is 862. The molecule has 0 unspecified atom stereocenters. The van der Waals surface area contributed by atoms with Gasteiger partial charge in [0, 0.05) is 4.88 Å². The van der Waals surface area contributed by atoms with Crippen LogP contribution in [0.1, 0.15) is 17.5 Å². The van der Waals surface area contributed by atoms with Crippen LogP contribution >= 0.6 is 34.3 Å². The average molecular weight is 393 g/mol. The number of thiophene rings is 1. The number of rotatable bonds is 6. The Balaban J connectivity index is 1.60. The van der Waals surface area contributed by atoms with Gasteiger partial charge in [0.25, 0.3) is 5.91 Å². The normalized spacial score (nSPS) is 12.0. The van der Waals surface area contributed by atoms with Gasteiger partial charge >= 0.3 is 0 Å². The number of nitrogens with zero attached hydrogens (tertiary/aromatic N) is 1. The molecule has 1 aromatic carbocycles. The molecule has 25 heavy (non-hydrogen) atoms. The summed E-state index contributed by atoms with van der Waals surface area (Å²) in [7, 11) is 0. The highest BCUT2D eigenvalue weighted by atomic mass is 35.5. The van der Waals surface area contributed by atoms with Crippen LogP contribution in [0, 0.1) is 6.92 Å². The summed E-state index contributed by atoms with van der Waals surface area (Å²) in [4.78, 5) is 19.1. The number of nitrogens with one attached hydrogen (secondary N) is 1. The van der Waals surface area contributed by atoms with Gasteiger partial charge in [0.15, 0.2) is 6.10 Å². The van der Waals surface area contributed by atoms with E-state index < -0.39 is 6.10 Å². The lowest BCUT2D eigenvalue weighted by Gasteiger charge is -2.15. The molecule has 1 N–H and O–H groups in total. The summed E-state index contributed by atoms with van der Waals surface area (Å²) < 4.78 is 5.64. The zero-order valence-electron chi connectivity index (χ0n) is 13.8. The summed E-state index contributed by atoms with van der Waals surface area (Å²) in [6.07, 6.45) is -0.634. The molecule has 1 atom stereocenters. The van der Waals surface area contributed by atoms with Gasteiger partial charge in [-0.2, -0.15) is 0 Å². The number of ether oxygens (including phenoxy) is 1. The molecule has 3 aromatic rings. The molecule has 0 aliphatic rings. The molecular formula is C18H17ClN2O2S2. The molecule has 0 fully saturated rings. The highest BCUT2D eigenvalue weighted by Crippen LogP contribution is 2.31. The van der Waals surface area contributed by atoms with Gasteiger partial charge in [-0.1, -0.05) is 29.8 Å². The van der Waals surface area contributed by atoms with E-state index in [-0.39, 0.29) is 5.91 Å². The Morgan fingerprint density at radius 3 is 2.84 bits per heavy atom. The van der Waals surface area contributed by atoms with Crippen LogP contribution < -0.4 is 10.1 Å². The summed E-state index contributed by atoms with van der Waals surface area (Å²) in [5, 5.41) is 6.40. The fourth-order valence-electron chi connectivity index (χ4n) is 2.19. The molecule has 0 saturated carbocycles. The maximum absolute atomic E-state index is 12.3. The molecule has 3 rings (SSSR count). The van der Waals surface area contributed by atoms with Crippen molar-refractivity contribution in [2.75, 3.05) is 0 Å². The van der Waals surface area contributed by atoms with Gasteiger partial charge in [-0.25, -0.2) is 4.98 Å². The first-order chi connectivity index (χ1) is 12.0. The van der Waals surface area contributed by atoms with Crippen LogP contribution in [0.2, 0.25) is 5.02 Å². The summed E-state index contributed by atoms with van der Waals surface area (Å²) in [5.41, 5.74) is 0.938. The van der Waals surface area contributed by atoms with E-state index in [1.807, 2.05) is 36.6 Å². The smallest absolute Gasteiger partial charge is 0.261 e. The zero-order valence-corrected chi connectivity index (χ0v) is 16.2. The Morgan fingerprint density at radius 1 is 1.32 bits per heavy atom. The number of aryl methyl sites for hydroxylation is 1. The van der Waals surface area contributed by atoms with Crippen molar-refractivity contribution in [3.8, 4) is 15.6 Å². The van der Waals surface area contributed by atoms with E-state index in [2.05, 4.69) is 10.3 Å². The van der Waals surface area contributed by atoms with E-state index in [1.165, 1.54) is 0 Å². The minimum absolute atomic E-state index is 0.189. The number of carbonyl (C=O) groups is 1. The minimum atomic E-state index is -0.634. The predicted molar refractivity (Wildman–Crippen MR) is 104 cm³/mol. The number of aromatic nitrogens is 1. The number of amides is 1.